The zero-order valence-corrected chi connectivity index (χ0v) is 12.6. The van der Waals surface area contributed by atoms with Crippen molar-refractivity contribution in [1.29, 1.82) is 0 Å². The molecule has 3 unspecified atom stereocenters. The highest BCUT2D eigenvalue weighted by molar-refractivity contribution is 5.25. The molecule has 1 N–H and O–H groups in total. The predicted molar refractivity (Wildman–Crippen MR) is 80.6 cm³/mol. The lowest BCUT2D eigenvalue weighted by atomic mass is 9.92. The van der Waals surface area contributed by atoms with Crippen LogP contribution in [0.3, 0.4) is 0 Å². The Morgan fingerprint density at radius 2 is 1.95 bits per heavy atom. The Morgan fingerprint density at radius 3 is 2.42 bits per heavy atom. The van der Waals surface area contributed by atoms with Crippen LogP contribution in [0.5, 0.6) is 0 Å². The Morgan fingerprint density at radius 1 is 1.26 bits per heavy atom. The largest absolute Gasteiger partial charge is 0.376 e. The molecule has 0 aromatic heterocycles. The number of benzene rings is 1. The quantitative estimate of drug-likeness (QED) is 0.877. The molecule has 1 heterocycles. The molecule has 0 radical (unpaired) electrons. The molecule has 1 aliphatic heterocycles. The molecule has 1 aromatic rings. The molecule has 106 valence electrons. The third-order valence-corrected chi connectivity index (χ3v) is 4.31. The third kappa shape index (κ3) is 3.58. The molecule has 1 saturated heterocycles. The Balaban J connectivity index is 2.01. The molecule has 19 heavy (non-hydrogen) atoms. The number of ether oxygens (including phenoxy) is 1. The summed E-state index contributed by atoms with van der Waals surface area (Å²) in [6.07, 6.45) is 2.59. The van der Waals surface area contributed by atoms with E-state index in [-0.39, 0.29) is 0 Å². The van der Waals surface area contributed by atoms with Crippen molar-refractivity contribution in [2.24, 2.45) is 5.92 Å². The minimum Gasteiger partial charge on any atom is -0.376 e. The van der Waals surface area contributed by atoms with Gasteiger partial charge in [-0.2, -0.15) is 0 Å². The highest BCUT2D eigenvalue weighted by Crippen LogP contribution is 2.25. The normalized spacial score (nSPS) is 24.9. The average Bonchev–Trinajstić information content (AvgIpc) is 2.83. The van der Waals surface area contributed by atoms with Crippen molar-refractivity contribution in [1.82, 2.24) is 5.32 Å². The number of likely N-dealkylation sites (N-methyl/N-ethyl adjacent to an activating group) is 1. The van der Waals surface area contributed by atoms with Gasteiger partial charge in [-0.3, -0.25) is 0 Å². The SMILES string of the molecule is CNC(Cc1ccc(C(C)C)cc1)C1OCCC1C. The standard InChI is InChI=1S/C17H27NO/c1-12(2)15-7-5-14(6-8-15)11-16(18-4)17-13(3)9-10-19-17/h5-8,12-13,16-18H,9-11H2,1-4H3. The van der Waals surface area contributed by atoms with E-state index in [1.165, 1.54) is 17.5 Å². The van der Waals surface area contributed by atoms with Crippen LogP contribution in [-0.4, -0.2) is 25.8 Å². The van der Waals surface area contributed by atoms with Gasteiger partial charge in [-0.05, 0) is 42.9 Å². The lowest BCUT2D eigenvalue weighted by Crippen LogP contribution is -2.41. The second-order valence-corrected chi connectivity index (χ2v) is 6.10. The summed E-state index contributed by atoms with van der Waals surface area (Å²) in [5.74, 6) is 1.26. The highest BCUT2D eigenvalue weighted by Gasteiger charge is 2.31. The van der Waals surface area contributed by atoms with E-state index >= 15 is 0 Å². The zero-order chi connectivity index (χ0) is 13.8. The fourth-order valence-corrected chi connectivity index (χ4v) is 2.91. The summed E-state index contributed by atoms with van der Waals surface area (Å²) in [5, 5.41) is 3.44. The van der Waals surface area contributed by atoms with Crippen molar-refractivity contribution >= 4 is 0 Å². The van der Waals surface area contributed by atoms with Crippen molar-refractivity contribution in [2.75, 3.05) is 13.7 Å². The third-order valence-electron chi connectivity index (χ3n) is 4.31. The first kappa shape index (κ1) is 14.5. The molecular weight excluding hydrogens is 234 g/mol. The van der Waals surface area contributed by atoms with Gasteiger partial charge in [-0.15, -0.1) is 0 Å². The van der Waals surface area contributed by atoms with Gasteiger partial charge < -0.3 is 10.1 Å². The van der Waals surface area contributed by atoms with E-state index in [0.29, 0.717) is 24.0 Å². The molecular formula is C17H27NO. The Bertz CT molecular complexity index is 385. The van der Waals surface area contributed by atoms with Crippen molar-refractivity contribution in [3.05, 3.63) is 35.4 Å². The summed E-state index contributed by atoms with van der Waals surface area (Å²) < 4.78 is 5.89. The van der Waals surface area contributed by atoms with Crippen LogP contribution in [0, 0.1) is 5.92 Å². The first-order valence-corrected chi connectivity index (χ1v) is 7.49. The average molecular weight is 261 g/mol. The second-order valence-electron chi connectivity index (χ2n) is 6.10. The lowest BCUT2D eigenvalue weighted by molar-refractivity contribution is 0.0634. The van der Waals surface area contributed by atoms with Gasteiger partial charge in [-0.25, -0.2) is 0 Å². The van der Waals surface area contributed by atoms with Gasteiger partial charge in [0.2, 0.25) is 0 Å². The van der Waals surface area contributed by atoms with E-state index in [1.807, 2.05) is 7.05 Å². The molecule has 1 fully saturated rings. The minimum absolute atomic E-state index is 0.356. The molecule has 1 aliphatic rings. The molecule has 0 saturated carbocycles. The second kappa shape index (κ2) is 6.53. The van der Waals surface area contributed by atoms with Crippen LogP contribution >= 0.6 is 0 Å². The van der Waals surface area contributed by atoms with Crippen molar-refractivity contribution in [2.45, 2.75) is 51.7 Å². The van der Waals surface area contributed by atoms with Gasteiger partial charge in [0, 0.05) is 12.6 Å². The van der Waals surface area contributed by atoms with Gasteiger partial charge >= 0.3 is 0 Å². The molecule has 2 rings (SSSR count). The first-order valence-electron chi connectivity index (χ1n) is 7.49. The number of rotatable bonds is 5. The van der Waals surface area contributed by atoms with Crippen LogP contribution < -0.4 is 5.32 Å². The van der Waals surface area contributed by atoms with E-state index in [0.717, 1.165) is 13.0 Å². The number of nitrogens with one attached hydrogen (secondary N) is 1. The Labute approximate surface area is 117 Å². The van der Waals surface area contributed by atoms with Crippen LogP contribution in [0.15, 0.2) is 24.3 Å². The fraction of sp³-hybridized carbons (Fsp3) is 0.647. The van der Waals surface area contributed by atoms with Crippen LogP contribution in [0.1, 0.15) is 44.2 Å². The lowest BCUT2D eigenvalue weighted by Gasteiger charge is -2.26. The van der Waals surface area contributed by atoms with E-state index in [1.54, 1.807) is 0 Å². The summed E-state index contributed by atoms with van der Waals surface area (Å²) in [5.41, 5.74) is 2.81. The molecule has 1 aromatic carbocycles. The summed E-state index contributed by atoms with van der Waals surface area (Å²) in [6.45, 7) is 7.68. The van der Waals surface area contributed by atoms with E-state index in [2.05, 4.69) is 50.4 Å². The van der Waals surface area contributed by atoms with Crippen LogP contribution in [0.4, 0.5) is 0 Å². The van der Waals surface area contributed by atoms with Gasteiger partial charge in [0.25, 0.3) is 0 Å². The van der Waals surface area contributed by atoms with Gasteiger partial charge in [-0.1, -0.05) is 45.0 Å². The van der Waals surface area contributed by atoms with Crippen molar-refractivity contribution in [3.63, 3.8) is 0 Å². The zero-order valence-electron chi connectivity index (χ0n) is 12.6. The maximum Gasteiger partial charge on any atom is 0.0757 e. The molecule has 0 aliphatic carbocycles. The van der Waals surface area contributed by atoms with E-state index < -0.39 is 0 Å². The smallest absolute Gasteiger partial charge is 0.0757 e. The van der Waals surface area contributed by atoms with Crippen LogP contribution in [0.2, 0.25) is 0 Å². The van der Waals surface area contributed by atoms with Gasteiger partial charge in [0.15, 0.2) is 0 Å². The summed E-state index contributed by atoms with van der Waals surface area (Å²) in [6, 6.07) is 9.46. The van der Waals surface area contributed by atoms with Gasteiger partial charge in [0.1, 0.15) is 0 Å². The van der Waals surface area contributed by atoms with E-state index in [9.17, 15) is 0 Å². The summed E-state index contributed by atoms with van der Waals surface area (Å²) >= 11 is 0. The number of hydrogen-bond acceptors (Lipinski definition) is 2. The van der Waals surface area contributed by atoms with Crippen LogP contribution in [0.25, 0.3) is 0 Å². The summed E-state index contributed by atoms with van der Waals surface area (Å²) in [4.78, 5) is 0. The van der Waals surface area contributed by atoms with Crippen molar-refractivity contribution in [3.8, 4) is 0 Å². The van der Waals surface area contributed by atoms with Gasteiger partial charge in [0.05, 0.1) is 6.10 Å². The minimum atomic E-state index is 0.356. The van der Waals surface area contributed by atoms with Crippen molar-refractivity contribution < 1.29 is 4.74 Å². The molecule has 2 nitrogen and oxygen atoms in total. The van der Waals surface area contributed by atoms with E-state index in [4.69, 9.17) is 4.74 Å². The maximum absolute atomic E-state index is 5.89. The Kier molecular flexibility index (Phi) is 5.00. The number of hydrogen-bond donors (Lipinski definition) is 1. The van der Waals surface area contributed by atoms with Crippen LogP contribution in [-0.2, 0) is 11.2 Å². The molecule has 0 spiro atoms. The highest BCUT2D eigenvalue weighted by atomic mass is 16.5. The molecule has 3 atom stereocenters. The summed E-state index contributed by atoms with van der Waals surface area (Å²) in [7, 11) is 2.04. The first-order chi connectivity index (χ1) is 9.11. The predicted octanol–water partition coefficient (Wildman–Crippen LogP) is 3.37. The fourth-order valence-electron chi connectivity index (χ4n) is 2.91. The Hall–Kier alpha value is -0.860. The monoisotopic (exact) mass is 261 g/mol. The molecule has 0 amide bonds. The topological polar surface area (TPSA) is 21.3 Å². The maximum atomic E-state index is 5.89. The molecule has 0 bridgehead atoms. The molecule has 2 heteroatoms.